The van der Waals surface area contributed by atoms with Crippen LogP contribution in [-0.2, 0) is 6.18 Å². The minimum atomic E-state index is -4.52. The molecule has 132 valence electrons. The molecule has 0 saturated carbocycles. The normalized spacial score (nSPS) is 15.3. The molecule has 3 rings (SSSR count). The Kier molecular flexibility index (Phi) is 4.43. The number of hydrogen-bond donors (Lipinski definition) is 0. The fraction of sp³-hybridized carbons (Fsp3) is 0.333. The van der Waals surface area contributed by atoms with E-state index in [1.807, 2.05) is 4.90 Å². The molecule has 0 spiro atoms. The van der Waals surface area contributed by atoms with E-state index in [0.717, 1.165) is 12.3 Å². The lowest BCUT2D eigenvalue weighted by Gasteiger charge is -2.35. The van der Waals surface area contributed by atoms with Gasteiger partial charge in [0.25, 0.3) is 5.69 Å². The monoisotopic (exact) mass is 353 g/mol. The van der Waals surface area contributed by atoms with Crippen molar-refractivity contribution in [2.75, 3.05) is 36.0 Å². The summed E-state index contributed by atoms with van der Waals surface area (Å²) in [7, 11) is 0. The van der Waals surface area contributed by atoms with Gasteiger partial charge in [0, 0.05) is 38.4 Å². The van der Waals surface area contributed by atoms with Gasteiger partial charge in [0.2, 0.25) is 5.95 Å². The maximum atomic E-state index is 12.8. The van der Waals surface area contributed by atoms with Gasteiger partial charge in [-0.25, -0.2) is 9.97 Å². The smallest absolute Gasteiger partial charge is 0.362 e. The summed E-state index contributed by atoms with van der Waals surface area (Å²) < 4.78 is 38.3. The number of nitro groups is 1. The summed E-state index contributed by atoms with van der Waals surface area (Å²) in [6, 6.07) is 7.22. The molecule has 10 heteroatoms. The number of benzene rings is 1. The molecule has 25 heavy (non-hydrogen) atoms. The van der Waals surface area contributed by atoms with Gasteiger partial charge < -0.3 is 9.80 Å². The van der Waals surface area contributed by atoms with Crippen LogP contribution in [-0.4, -0.2) is 41.1 Å². The molecule has 7 nitrogen and oxygen atoms in total. The van der Waals surface area contributed by atoms with E-state index in [0.29, 0.717) is 31.9 Å². The molecule has 1 saturated heterocycles. The zero-order valence-electron chi connectivity index (χ0n) is 13.0. The third-order valence-electron chi connectivity index (χ3n) is 3.91. The second-order valence-electron chi connectivity index (χ2n) is 5.46. The number of halogens is 3. The summed E-state index contributed by atoms with van der Waals surface area (Å²) in [5.41, 5.74) is -0.484. The van der Waals surface area contributed by atoms with Gasteiger partial charge in [-0.1, -0.05) is 12.1 Å². The van der Waals surface area contributed by atoms with Gasteiger partial charge in [0.15, 0.2) is 0 Å². The minimum Gasteiger partial charge on any atom is -0.362 e. The van der Waals surface area contributed by atoms with E-state index < -0.39 is 16.8 Å². The Morgan fingerprint density at radius 1 is 1.04 bits per heavy atom. The lowest BCUT2D eigenvalue weighted by molar-refractivity contribution is -0.384. The zero-order chi connectivity index (χ0) is 18.0. The molecular formula is C15H14F3N5O2. The van der Waals surface area contributed by atoms with Gasteiger partial charge in [0.05, 0.1) is 4.92 Å². The fourth-order valence-electron chi connectivity index (χ4n) is 2.69. The minimum absolute atomic E-state index is 0.00580. The number of aromatic nitrogens is 2. The number of piperazine rings is 1. The number of rotatable bonds is 3. The molecule has 0 aliphatic carbocycles. The van der Waals surface area contributed by atoms with Crippen LogP contribution in [0.15, 0.2) is 36.5 Å². The van der Waals surface area contributed by atoms with Crippen molar-refractivity contribution in [2.24, 2.45) is 0 Å². The molecule has 0 unspecified atom stereocenters. The van der Waals surface area contributed by atoms with Crippen molar-refractivity contribution in [2.45, 2.75) is 6.18 Å². The summed E-state index contributed by atoms with van der Waals surface area (Å²) in [6.07, 6.45) is -3.44. The zero-order valence-corrected chi connectivity index (χ0v) is 13.0. The van der Waals surface area contributed by atoms with Crippen molar-refractivity contribution < 1.29 is 18.1 Å². The quantitative estimate of drug-likeness (QED) is 0.624. The van der Waals surface area contributed by atoms with Crippen LogP contribution >= 0.6 is 0 Å². The van der Waals surface area contributed by atoms with E-state index >= 15 is 0 Å². The molecule has 1 fully saturated rings. The van der Waals surface area contributed by atoms with Crippen LogP contribution in [0.25, 0.3) is 0 Å². The maximum Gasteiger partial charge on any atom is 0.433 e. The Morgan fingerprint density at radius 3 is 2.32 bits per heavy atom. The van der Waals surface area contributed by atoms with Crippen molar-refractivity contribution in [1.82, 2.24) is 9.97 Å². The summed E-state index contributed by atoms with van der Waals surface area (Å²) in [5.74, 6) is 0.0111. The molecule has 1 aliphatic rings. The number of alkyl halides is 3. The molecule has 0 atom stereocenters. The number of nitro benzene ring substituents is 1. The molecule has 2 aromatic rings. The summed E-state index contributed by atoms with van der Waals surface area (Å²) >= 11 is 0. The standard InChI is InChI=1S/C15H14F3N5O2/c16-15(17,18)13-5-6-19-14(20-13)22-9-7-21(8-10-22)11-3-1-2-4-12(11)23(24)25/h1-6H,7-10H2. The van der Waals surface area contributed by atoms with Crippen LogP contribution in [0.3, 0.4) is 0 Å². The van der Waals surface area contributed by atoms with Gasteiger partial charge in [0.1, 0.15) is 11.4 Å². The molecule has 0 bridgehead atoms. The third kappa shape index (κ3) is 3.62. The average Bonchev–Trinajstić information content (AvgIpc) is 2.61. The molecule has 2 heterocycles. The molecule has 0 amide bonds. The predicted molar refractivity (Wildman–Crippen MR) is 84.6 cm³/mol. The van der Waals surface area contributed by atoms with Crippen molar-refractivity contribution in [3.05, 3.63) is 52.3 Å². The second kappa shape index (κ2) is 6.54. The lowest BCUT2D eigenvalue weighted by Crippen LogP contribution is -2.47. The van der Waals surface area contributed by atoms with Gasteiger partial charge in [-0.3, -0.25) is 10.1 Å². The lowest BCUT2D eigenvalue weighted by atomic mass is 10.2. The van der Waals surface area contributed by atoms with Crippen LogP contribution in [0.5, 0.6) is 0 Å². The van der Waals surface area contributed by atoms with E-state index in [9.17, 15) is 23.3 Å². The number of para-hydroxylation sites is 2. The highest BCUT2D eigenvalue weighted by Crippen LogP contribution is 2.30. The number of nitrogens with zero attached hydrogens (tertiary/aromatic N) is 5. The first-order chi connectivity index (χ1) is 11.9. The Balaban J connectivity index is 1.74. The summed E-state index contributed by atoms with van der Waals surface area (Å²) in [5, 5.41) is 11.1. The summed E-state index contributed by atoms with van der Waals surface area (Å²) in [6.45, 7) is 1.58. The molecular weight excluding hydrogens is 339 g/mol. The first kappa shape index (κ1) is 16.9. The van der Waals surface area contributed by atoms with E-state index in [-0.39, 0.29) is 11.6 Å². The number of anilines is 2. The van der Waals surface area contributed by atoms with Crippen LogP contribution in [0.4, 0.5) is 30.5 Å². The Hall–Kier alpha value is -2.91. The molecule has 1 aromatic carbocycles. The first-order valence-electron chi connectivity index (χ1n) is 7.50. The van der Waals surface area contributed by atoms with Gasteiger partial charge in [-0.2, -0.15) is 13.2 Å². The van der Waals surface area contributed by atoms with Crippen molar-refractivity contribution in [3.8, 4) is 0 Å². The predicted octanol–water partition coefficient (Wildman–Crippen LogP) is 2.73. The SMILES string of the molecule is O=[N+]([O-])c1ccccc1N1CCN(c2nccc(C(F)(F)F)n2)CC1. The molecule has 0 radical (unpaired) electrons. The highest BCUT2D eigenvalue weighted by Gasteiger charge is 2.33. The Morgan fingerprint density at radius 2 is 1.68 bits per heavy atom. The highest BCUT2D eigenvalue weighted by molar-refractivity contribution is 5.63. The fourth-order valence-corrected chi connectivity index (χ4v) is 2.69. The Bertz CT molecular complexity index is 776. The topological polar surface area (TPSA) is 75.4 Å². The maximum absolute atomic E-state index is 12.8. The van der Waals surface area contributed by atoms with Gasteiger partial charge in [-0.05, 0) is 12.1 Å². The van der Waals surface area contributed by atoms with Crippen molar-refractivity contribution in [1.29, 1.82) is 0 Å². The van der Waals surface area contributed by atoms with E-state index in [2.05, 4.69) is 9.97 Å². The third-order valence-corrected chi connectivity index (χ3v) is 3.91. The second-order valence-corrected chi connectivity index (χ2v) is 5.46. The largest absolute Gasteiger partial charge is 0.433 e. The van der Waals surface area contributed by atoms with Crippen LogP contribution in [0, 0.1) is 10.1 Å². The summed E-state index contributed by atoms with van der Waals surface area (Å²) in [4.78, 5) is 21.6. The van der Waals surface area contributed by atoms with Crippen LogP contribution in [0.2, 0.25) is 0 Å². The van der Waals surface area contributed by atoms with Gasteiger partial charge in [-0.15, -0.1) is 0 Å². The van der Waals surface area contributed by atoms with Crippen LogP contribution < -0.4 is 9.80 Å². The van der Waals surface area contributed by atoms with Crippen molar-refractivity contribution >= 4 is 17.3 Å². The van der Waals surface area contributed by atoms with Crippen molar-refractivity contribution in [3.63, 3.8) is 0 Å². The first-order valence-corrected chi connectivity index (χ1v) is 7.50. The molecule has 1 aliphatic heterocycles. The van der Waals surface area contributed by atoms with Gasteiger partial charge >= 0.3 is 6.18 Å². The van der Waals surface area contributed by atoms with E-state index in [1.54, 1.807) is 23.1 Å². The van der Waals surface area contributed by atoms with E-state index in [4.69, 9.17) is 0 Å². The highest BCUT2D eigenvalue weighted by atomic mass is 19.4. The van der Waals surface area contributed by atoms with Crippen LogP contribution in [0.1, 0.15) is 5.69 Å². The Labute approximate surface area is 140 Å². The van der Waals surface area contributed by atoms with E-state index in [1.165, 1.54) is 6.07 Å². The molecule has 0 N–H and O–H groups in total. The number of hydrogen-bond acceptors (Lipinski definition) is 6. The molecule has 1 aromatic heterocycles. The average molecular weight is 353 g/mol.